The van der Waals surface area contributed by atoms with Crippen molar-refractivity contribution < 1.29 is 36.6 Å². The van der Waals surface area contributed by atoms with E-state index in [1.807, 2.05) is 11.8 Å². The molecular weight excluding hydrogens is 531 g/mol. The van der Waals surface area contributed by atoms with E-state index in [4.69, 9.17) is 11.6 Å². The second-order valence-corrected chi connectivity index (χ2v) is 9.24. The van der Waals surface area contributed by atoms with Crippen molar-refractivity contribution in [1.82, 2.24) is 4.90 Å². The normalized spacial score (nSPS) is 16.0. The lowest BCUT2D eigenvalue weighted by Crippen LogP contribution is -2.55. The molecule has 38 heavy (non-hydrogen) atoms. The third-order valence-electron chi connectivity index (χ3n) is 6.57. The summed E-state index contributed by atoms with van der Waals surface area (Å²) in [7, 11) is 0. The minimum Gasteiger partial charge on any atom is -0.478 e. The van der Waals surface area contributed by atoms with Crippen molar-refractivity contribution in [2.45, 2.75) is 25.6 Å². The first-order valence-electron chi connectivity index (χ1n) is 11.7. The molecule has 0 saturated carbocycles. The van der Waals surface area contributed by atoms with Gasteiger partial charge in [-0.1, -0.05) is 36.7 Å². The maximum Gasteiger partial charge on any atom is 0.416 e. The highest BCUT2D eigenvalue weighted by Gasteiger charge is 2.34. The molecule has 11 heteroatoms. The molecule has 3 aromatic rings. The summed E-state index contributed by atoms with van der Waals surface area (Å²) < 4.78 is 67.0. The lowest BCUT2D eigenvalue weighted by Gasteiger charge is -2.43. The van der Waals surface area contributed by atoms with Crippen LogP contribution in [0.4, 0.5) is 27.6 Å². The van der Waals surface area contributed by atoms with Crippen LogP contribution in [0.15, 0.2) is 54.6 Å². The number of piperazine rings is 1. The molecule has 0 spiro atoms. The summed E-state index contributed by atoms with van der Waals surface area (Å²) in [4.78, 5) is 28.5. The van der Waals surface area contributed by atoms with E-state index in [9.17, 15) is 36.6 Å². The van der Waals surface area contributed by atoms with Crippen molar-refractivity contribution in [3.63, 3.8) is 0 Å². The number of aromatic carboxylic acids is 1. The first-order chi connectivity index (χ1) is 17.9. The fourth-order valence-corrected chi connectivity index (χ4v) is 4.86. The Morgan fingerprint density at radius 3 is 2.39 bits per heavy atom. The maximum absolute atomic E-state index is 14.3. The summed E-state index contributed by atoms with van der Waals surface area (Å²) in [6.45, 7) is 2.42. The molecule has 0 aliphatic carbocycles. The number of anilines is 1. The average Bonchev–Trinajstić information content (AvgIpc) is 2.88. The number of hydrogen-bond acceptors (Lipinski definition) is 3. The van der Waals surface area contributed by atoms with Gasteiger partial charge in [-0.2, -0.15) is 13.2 Å². The molecule has 1 aliphatic rings. The first kappa shape index (κ1) is 27.4. The second-order valence-electron chi connectivity index (χ2n) is 8.84. The molecule has 5 nitrogen and oxygen atoms in total. The van der Waals surface area contributed by atoms with Crippen LogP contribution in [-0.2, 0) is 6.18 Å². The number of rotatable bonds is 5. The monoisotopic (exact) mass is 552 g/mol. The van der Waals surface area contributed by atoms with Gasteiger partial charge in [0.15, 0.2) is 11.6 Å². The Kier molecular flexibility index (Phi) is 7.64. The quantitative estimate of drug-likeness (QED) is 0.356. The Morgan fingerprint density at radius 1 is 1.03 bits per heavy atom. The van der Waals surface area contributed by atoms with Crippen molar-refractivity contribution in [3.8, 4) is 11.1 Å². The Morgan fingerprint density at radius 2 is 1.76 bits per heavy atom. The molecule has 1 aliphatic heterocycles. The summed E-state index contributed by atoms with van der Waals surface area (Å²) in [5.74, 6) is -3.93. The van der Waals surface area contributed by atoms with E-state index in [2.05, 4.69) is 0 Å². The number of benzene rings is 3. The summed E-state index contributed by atoms with van der Waals surface area (Å²) in [6, 6.07) is 10.2. The Labute approximate surface area is 220 Å². The lowest BCUT2D eigenvalue weighted by atomic mass is 9.98. The highest BCUT2D eigenvalue weighted by molar-refractivity contribution is 6.33. The van der Waals surface area contributed by atoms with E-state index in [1.165, 1.54) is 35.2 Å². The highest BCUT2D eigenvalue weighted by atomic mass is 35.5. The largest absolute Gasteiger partial charge is 0.478 e. The van der Waals surface area contributed by atoms with Crippen molar-refractivity contribution in [3.05, 3.63) is 87.9 Å². The van der Waals surface area contributed by atoms with E-state index in [0.29, 0.717) is 18.2 Å². The van der Waals surface area contributed by atoms with Crippen molar-refractivity contribution in [2.75, 3.05) is 24.5 Å². The number of carboxylic acids is 1. The molecule has 1 fully saturated rings. The van der Waals surface area contributed by atoms with Crippen molar-refractivity contribution in [2.24, 2.45) is 0 Å². The Balaban J connectivity index is 1.60. The van der Waals surface area contributed by atoms with Gasteiger partial charge < -0.3 is 14.9 Å². The van der Waals surface area contributed by atoms with E-state index >= 15 is 0 Å². The van der Waals surface area contributed by atoms with Gasteiger partial charge in [-0.3, -0.25) is 4.79 Å². The molecule has 3 aromatic carbocycles. The second kappa shape index (κ2) is 10.6. The van der Waals surface area contributed by atoms with Crippen LogP contribution in [0.5, 0.6) is 0 Å². The zero-order valence-corrected chi connectivity index (χ0v) is 20.8. The number of hydrogen-bond donors (Lipinski definition) is 1. The number of nitrogens with zero attached hydrogens (tertiary/aromatic N) is 2. The van der Waals surface area contributed by atoms with Crippen LogP contribution in [0.1, 0.15) is 39.6 Å². The minimum absolute atomic E-state index is 0.0596. The lowest BCUT2D eigenvalue weighted by molar-refractivity contribution is -0.137. The molecule has 4 rings (SSSR count). The van der Waals surface area contributed by atoms with Crippen LogP contribution >= 0.6 is 11.6 Å². The minimum atomic E-state index is -4.60. The van der Waals surface area contributed by atoms with Crippen LogP contribution in [0.3, 0.4) is 0 Å². The Hall–Kier alpha value is -3.66. The molecule has 1 saturated heterocycles. The number of alkyl halides is 3. The van der Waals surface area contributed by atoms with Gasteiger partial charge in [0.1, 0.15) is 0 Å². The smallest absolute Gasteiger partial charge is 0.416 e. The van der Waals surface area contributed by atoms with E-state index in [1.54, 1.807) is 0 Å². The number of carboxylic acid groups (broad SMARTS) is 1. The van der Waals surface area contributed by atoms with Crippen molar-refractivity contribution in [1.29, 1.82) is 0 Å². The zero-order chi connectivity index (χ0) is 27.8. The van der Waals surface area contributed by atoms with Crippen LogP contribution in [0.2, 0.25) is 5.02 Å². The molecule has 1 heterocycles. The molecule has 0 bridgehead atoms. The third-order valence-corrected chi connectivity index (χ3v) is 6.88. The summed E-state index contributed by atoms with van der Waals surface area (Å²) in [5.41, 5.74) is -0.662. The van der Waals surface area contributed by atoms with E-state index in [-0.39, 0.29) is 53.0 Å². The molecule has 1 atom stereocenters. The molecule has 0 unspecified atom stereocenters. The number of halogens is 6. The highest BCUT2D eigenvalue weighted by Crippen LogP contribution is 2.34. The molecule has 1 N–H and O–H groups in total. The SMILES string of the molecule is CC[C@@H]1CN(C(=O)c2ccc(C(F)(F)F)cc2Cl)CCN1c1ccc(-c2cccc(F)c2F)cc1C(=O)O. The molecule has 200 valence electrons. The summed E-state index contributed by atoms with van der Waals surface area (Å²) in [5, 5.41) is 9.58. The van der Waals surface area contributed by atoms with Gasteiger partial charge in [0, 0.05) is 31.2 Å². The third kappa shape index (κ3) is 5.31. The van der Waals surface area contributed by atoms with Gasteiger partial charge in [-0.15, -0.1) is 0 Å². The molecule has 0 aromatic heterocycles. The number of carbonyl (C=O) groups excluding carboxylic acids is 1. The Bertz CT molecular complexity index is 1400. The predicted octanol–water partition coefficient (Wildman–Crippen LogP) is 6.74. The fraction of sp³-hybridized carbons (Fsp3) is 0.259. The van der Waals surface area contributed by atoms with Crippen LogP contribution in [0.25, 0.3) is 11.1 Å². The average molecular weight is 553 g/mol. The summed E-state index contributed by atoms with van der Waals surface area (Å²) >= 11 is 6.01. The van der Waals surface area contributed by atoms with Crippen LogP contribution < -0.4 is 4.90 Å². The van der Waals surface area contributed by atoms with E-state index < -0.39 is 35.3 Å². The first-order valence-corrected chi connectivity index (χ1v) is 12.0. The van der Waals surface area contributed by atoms with Gasteiger partial charge in [0.05, 0.1) is 27.4 Å². The maximum atomic E-state index is 14.3. The van der Waals surface area contributed by atoms with Gasteiger partial charge in [-0.05, 0) is 48.4 Å². The van der Waals surface area contributed by atoms with Crippen LogP contribution in [0, 0.1) is 11.6 Å². The summed E-state index contributed by atoms with van der Waals surface area (Å²) in [6.07, 6.45) is -4.08. The molecule has 0 radical (unpaired) electrons. The molecule has 1 amide bonds. The number of carbonyl (C=O) groups is 2. The fourth-order valence-electron chi connectivity index (χ4n) is 4.59. The molecular formula is C27H22ClF5N2O3. The van der Waals surface area contributed by atoms with Gasteiger partial charge >= 0.3 is 12.1 Å². The van der Waals surface area contributed by atoms with E-state index in [0.717, 1.165) is 18.2 Å². The zero-order valence-electron chi connectivity index (χ0n) is 20.0. The number of amides is 1. The van der Waals surface area contributed by atoms with Crippen LogP contribution in [-0.4, -0.2) is 47.6 Å². The van der Waals surface area contributed by atoms with Gasteiger partial charge in [0.25, 0.3) is 5.91 Å². The van der Waals surface area contributed by atoms with Crippen molar-refractivity contribution >= 4 is 29.2 Å². The predicted molar refractivity (Wildman–Crippen MR) is 133 cm³/mol. The van der Waals surface area contributed by atoms with Gasteiger partial charge in [-0.25, -0.2) is 13.6 Å². The standard InChI is InChI=1S/C27H22ClF5N2O3/c1-2-17-14-34(25(36)19-8-7-16(13-21(19)28)27(31,32)33)10-11-35(17)23-9-6-15(12-20(23)26(37)38)18-4-3-5-22(29)24(18)30/h3-9,12-13,17H,2,10-11,14H2,1H3,(H,37,38)/t17-/m1/s1. The topological polar surface area (TPSA) is 60.9 Å². The van der Waals surface area contributed by atoms with Gasteiger partial charge in [0.2, 0.25) is 0 Å².